The van der Waals surface area contributed by atoms with E-state index in [0.717, 1.165) is 34.1 Å². The minimum Gasteiger partial charge on any atom is -0.492 e. The Morgan fingerprint density at radius 2 is 1.89 bits per heavy atom. The second kappa shape index (κ2) is 7.32. The number of rotatable bonds is 7. The quantitative estimate of drug-likeness (QED) is 0.648. The largest absolute Gasteiger partial charge is 0.492 e. The molecule has 100 valence electrons. The summed E-state index contributed by atoms with van der Waals surface area (Å²) in [4.78, 5) is 2.11. The normalized spacial score (nSPS) is 10.3. The fraction of sp³-hybridized carbons (Fsp3) is 0.400. The summed E-state index contributed by atoms with van der Waals surface area (Å²) < 4.78 is 5.85. The van der Waals surface area contributed by atoms with Gasteiger partial charge in [0.25, 0.3) is 0 Å². The number of nitrogens with zero attached hydrogens (tertiary/aromatic N) is 1. The van der Waals surface area contributed by atoms with Crippen LogP contribution in [0.4, 0.5) is 0 Å². The van der Waals surface area contributed by atoms with Crippen LogP contribution in [0.3, 0.4) is 0 Å². The minimum absolute atomic E-state index is 0.739. The monoisotopic (exact) mass is 291 g/mol. The topological polar surface area (TPSA) is 33.0 Å². The zero-order valence-corrected chi connectivity index (χ0v) is 12.6. The van der Waals surface area contributed by atoms with E-state index in [1.54, 1.807) is 22.7 Å². The van der Waals surface area contributed by atoms with Crippen molar-refractivity contribution in [3.8, 4) is 21.6 Å². The van der Waals surface area contributed by atoms with E-state index < -0.39 is 0 Å². The van der Waals surface area contributed by atoms with Crippen LogP contribution in [-0.2, 0) is 0 Å². The Morgan fingerprint density at radius 3 is 2.68 bits per heavy atom. The summed E-state index contributed by atoms with van der Waals surface area (Å²) in [5.41, 5.74) is 0.739. The van der Waals surface area contributed by atoms with Crippen molar-refractivity contribution in [2.75, 3.05) is 6.61 Å². The molecule has 2 heterocycles. The molecule has 0 aliphatic carbocycles. The number of hydrogen-bond donors (Lipinski definition) is 0. The first-order chi connectivity index (χ1) is 9.36. The fourth-order valence-electron chi connectivity index (χ4n) is 1.86. The van der Waals surface area contributed by atoms with Crippen LogP contribution in [0, 0.1) is 11.3 Å². The molecule has 2 nitrogen and oxygen atoms in total. The standard InChI is InChI=1S/C15H17NOS2/c1-2-3-4-5-8-17-13-7-10-19-15(13)14-12(11-16)6-9-18-14/h6-7,9-10H,2-5,8H2,1H3. The SMILES string of the molecule is CCCCCCOc1ccsc1-c1sccc1C#N. The van der Waals surface area contributed by atoms with Crippen LogP contribution in [0.2, 0.25) is 0 Å². The summed E-state index contributed by atoms with van der Waals surface area (Å²) in [6.07, 6.45) is 4.82. The van der Waals surface area contributed by atoms with E-state index in [9.17, 15) is 0 Å². The van der Waals surface area contributed by atoms with Gasteiger partial charge in [0, 0.05) is 0 Å². The van der Waals surface area contributed by atoms with E-state index >= 15 is 0 Å². The molecule has 0 spiro atoms. The number of unbranched alkanes of at least 4 members (excludes halogenated alkanes) is 3. The molecular weight excluding hydrogens is 274 g/mol. The molecule has 0 amide bonds. The Balaban J connectivity index is 2.00. The maximum absolute atomic E-state index is 9.09. The molecule has 0 saturated carbocycles. The Morgan fingerprint density at radius 1 is 1.11 bits per heavy atom. The maximum atomic E-state index is 9.09. The zero-order valence-electron chi connectivity index (χ0n) is 11.0. The molecule has 0 aromatic carbocycles. The van der Waals surface area contributed by atoms with Crippen molar-refractivity contribution in [3.05, 3.63) is 28.5 Å². The van der Waals surface area contributed by atoms with Crippen molar-refractivity contribution in [1.29, 1.82) is 5.26 Å². The van der Waals surface area contributed by atoms with Gasteiger partial charge in [0.1, 0.15) is 11.8 Å². The van der Waals surface area contributed by atoms with Crippen LogP contribution in [0.25, 0.3) is 9.75 Å². The molecule has 0 bridgehead atoms. The summed E-state index contributed by atoms with van der Waals surface area (Å²) in [5, 5.41) is 13.1. The summed E-state index contributed by atoms with van der Waals surface area (Å²) in [6.45, 7) is 2.97. The molecule has 4 heteroatoms. The fourth-order valence-corrected chi connectivity index (χ4v) is 3.73. The third kappa shape index (κ3) is 3.59. The van der Waals surface area contributed by atoms with Gasteiger partial charge in [-0.1, -0.05) is 26.2 Å². The van der Waals surface area contributed by atoms with Crippen LogP contribution < -0.4 is 4.74 Å². The molecule has 0 N–H and O–H groups in total. The Hall–Kier alpha value is -1.31. The van der Waals surface area contributed by atoms with Gasteiger partial charge in [-0.25, -0.2) is 0 Å². The van der Waals surface area contributed by atoms with E-state index in [0.29, 0.717) is 0 Å². The summed E-state index contributed by atoms with van der Waals surface area (Å²) in [5.74, 6) is 0.917. The van der Waals surface area contributed by atoms with Gasteiger partial charge in [0.15, 0.2) is 0 Å². The minimum atomic E-state index is 0.739. The van der Waals surface area contributed by atoms with Gasteiger partial charge < -0.3 is 4.74 Å². The van der Waals surface area contributed by atoms with Crippen molar-refractivity contribution in [2.24, 2.45) is 0 Å². The zero-order chi connectivity index (χ0) is 13.5. The average molecular weight is 291 g/mol. The number of ether oxygens (including phenoxy) is 1. The molecule has 0 radical (unpaired) electrons. The Kier molecular flexibility index (Phi) is 5.44. The number of nitriles is 1. The van der Waals surface area contributed by atoms with Gasteiger partial charge in [-0.15, -0.1) is 22.7 Å². The molecule has 2 aromatic rings. The molecule has 2 aromatic heterocycles. The van der Waals surface area contributed by atoms with E-state index in [2.05, 4.69) is 13.0 Å². The van der Waals surface area contributed by atoms with Crippen molar-refractivity contribution in [2.45, 2.75) is 32.6 Å². The Bertz CT molecular complexity index is 550. The highest BCUT2D eigenvalue weighted by Crippen LogP contribution is 2.40. The summed E-state index contributed by atoms with van der Waals surface area (Å²) in [7, 11) is 0. The van der Waals surface area contributed by atoms with Crippen LogP contribution >= 0.6 is 22.7 Å². The van der Waals surface area contributed by atoms with Crippen molar-refractivity contribution in [1.82, 2.24) is 0 Å². The van der Waals surface area contributed by atoms with E-state index in [4.69, 9.17) is 10.00 Å². The first-order valence-electron chi connectivity index (χ1n) is 6.55. The van der Waals surface area contributed by atoms with E-state index in [-0.39, 0.29) is 0 Å². The highest BCUT2D eigenvalue weighted by atomic mass is 32.1. The second-order valence-electron chi connectivity index (χ2n) is 4.30. The lowest BCUT2D eigenvalue weighted by Gasteiger charge is -2.06. The molecule has 0 unspecified atom stereocenters. The lowest BCUT2D eigenvalue weighted by atomic mass is 10.2. The van der Waals surface area contributed by atoms with Crippen LogP contribution in [0.5, 0.6) is 5.75 Å². The molecule has 0 atom stereocenters. The van der Waals surface area contributed by atoms with Gasteiger partial charge in [-0.05, 0) is 29.3 Å². The predicted molar refractivity (Wildman–Crippen MR) is 82.0 cm³/mol. The first kappa shape index (κ1) is 14.1. The second-order valence-corrected chi connectivity index (χ2v) is 6.13. The molecule has 0 fully saturated rings. The third-order valence-electron chi connectivity index (χ3n) is 2.88. The van der Waals surface area contributed by atoms with Crippen LogP contribution in [0.15, 0.2) is 22.9 Å². The highest BCUT2D eigenvalue weighted by Gasteiger charge is 2.13. The highest BCUT2D eigenvalue weighted by molar-refractivity contribution is 7.20. The van der Waals surface area contributed by atoms with Crippen molar-refractivity contribution in [3.63, 3.8) is 0 Å². The molecule has 2 rings (SSSR count). The van der Waals surface area contributed by atoms with Gasteiger partial charge in [-0.2, -0.15) is 5.26 Å². The summed E-state index contributed by atoms with van der Waals surface area (Å²) >= 11 is 3.24. The maximum Gasteiger partial charge on any atom is 0.138 e. The van der Waals surface area contributed by atoms with E-state index in [1.165, 1.54) is 19.3 Å². The first-order valence-corrected chi connectivity index (χ1v) is 8.31. The van der Waals surface area contributed by atoms with Crippen LogP contribution in [0.1, 0.15) is 38.2 Å². The van der Waals surface area contributed by atoms with Crippen LogP contribution in [-0.4, -0.2) is 6.61 Å². The summed E-state index contributed by atoms with van der Waals surface area (Å²) in [6, 6.07) is 6.10. The predicted octanol–water partition coefficient (Wildman–Crippen LogP) is 5.31. The van der Waals surface area contributed by atoms with Crippen molar-refractivity contribution >= 4 is 22.7 Å². The third-order valence-corrected chi connectivity index (χ3v) is 4.85. The molecule has 0 saturated heterocycles. The van der Waals surface area contributed by atoms with Gasteiger partial charge >= 0.3 is 0 Å². The lowest BCUT2D eigenvalue weighted by Crippen LogP contribution is -1.97. The van der Waals surface area contributed by atoms with Crippen molar-refractivity contribution < 1.29 is 4.74 Å². The molecular formula is C15H17NOS2. The van der Waals surface area contributed by atoms with Gasteiger partial charge in [0.2, 0.25) is 0 Å². The van der Waals surface area contributed by atoms with Gasteiger partial charge in [-0.3, -0.25) is 0 Å². The lowest BCUT2D eigenvalue weighted by molar-refractivity contribution is 0.307. The van der Waals surface area contributed by atoms with E-state index in [1.807, 2.05) is 22.9 Å². The molecule has 0 aliphatic rings. The smallest absolute Gasteiger partial charge is 0.138 e. The van der Waals surface area contributed by atoms with Gasteiger partial charge in [0.05, 0.1) is 21.9 Å². The molecule has 19 heavy (non-hydrogen) atoms. The molecule has 0 aliphatic heterocycles. The average Bonchev–Trinajstić information content (AvgIpc) is 3.06. The Labute approximate surface area is 122 Å². The number of thiophene rings is 2. The number of hydrogen-bond acceptors (Lipinski definition) is 4.